The van der Waals surface area contributed by atoms with Crippen molar-refractivity contribution in [1.29, 1.82) is 0 Å². The number of aromatic nitrogens is 3. The van der Waals surface area contributed by atoms with Crippen molar-refractivity contribution in [3.05, 3.63) is 11.6 Å². The van der Waals surface area contributed by atoms with Gasteiger partial charge in [-0.1, -0.05) is 15.9 Å². The van der Waals surface area contributed by atoms with Crippen molar-refractivity contribution in [2.24, 2.45) is 0 Å². The summed E-state index contributed by atoms with van der Waals surface area (Å²) in [5, 5.41) is 8.26. The molecule has 3 nitrogen and oxygen atoms in total. The standard InChI is InChI=1S/C9H11BrF3N3/c10-5-8-15-14-7(3-4-9(11,12)13)16(8)6-1-2-6/h6H,1-5H2. The van der Waals surface area contributed by atoms with Crippen molar-refractivity contribution in [3.63, 3.8) is 0 Å². The van der Waals surface area contributed by atoms with Gasteiger partial charge in [-0.2, -0.15) is 13.2 Å². The second kappa shape index (κ2) is 4.35. The molecule has 1 fully saturated rings. The summed E-state index contributed by atoms with van der Waals surface area (Å²) in [5.74, 6) is 1.17. The molecule has 2 rings (SSSR count). The van der Waals surface area contributed by atoms with Crippen LogP contribution in [0, 0.1) is 0 Å². The van der Waals surface area contributed by atoms with E-state index in [1.165, 1.54) is 0 Å². The van der Waals surface area contributed by atoms with E-state index in [0.29, 0.717) is 17.2 Å². The van der Waals surface area contributed by atoms with Crippen molar-refractivity contribution in [1.82, 2.24) is 14.8 Å². The van der Waals surface area contributed by atoms with Crippen LogP contribution in [0.3, 0.4) is 0 Å². The van der Waals surface area contributed by atoms with Gasteiger partial charge in [-0.25, -0.2) is 0 Å². The van der Waals surface area contributed by atoms with Crippen molar-refractivity contribution >= 4 is 15.9 Å². The zero-order valence-electron chi connectivity index (χ0n) is 8.47. The van der Waals surface area contributed by atoms with Gasteiger partial charge in [0.2, 0.25) is 0 Å². The molecule has 0 saturated heterocycles. The first-order valence-corrected chi connectivity index (χ1v) is 6.19. The Morgan fingerprint density at radius 2 is 1.88 bits per heavy atom. The van der Waals surface area contributed by atoms with E-state index in [4.69, 9.17) is 0 Å². The highest BCUT2D eigenvalue weighted by Gasteiger charge is 2.32. The van der Waals surface area contributed by atoms with E-state index in [9.17, 15) is 13.2 Å². The van der Waals surface area contributed by atoms with Gasteiger partial charge in [0.1, 0.15) is 11.6 Å². The number of hydrogen-bond acceptors (Lipinski definition) is 2. The molecular formula is C9H11BrF3N3. The molecule has 0 N–H and O–H groups in total. The molecule has 1 aliphatic carbocycles. The van der Waals surface area contributed by atoms with Crippen LogP contribution < -0.4 is 0 Å². The topological polar surface area (TPSA) is 30.7 Å². The second-order valence-corrected chi connectivity index (χ2v) is 4.44. The molecule has 1 saturated carbocycles. The van der Waals surface area contributed by atoms with Gasteiger partial charge in [0.15, 0.2) is 0 Å². The van der Waals surface area contributed by atoms with Crippen LogP contribution in [0.4, 0.5) is 13.2 Å². The number of rotatable bonds is 4. The van der Waals surface area contributed by atoms with Gasteiger partial charge >= 0.3 is 6.18 Å². The smallest absolute Gasteiger partial charge is 0.311 e. The van der Waals surface area contributed by atoms with Crippen LogP contribution in [0.5, 0.6) is 0 Å². The molecule has 0 unspecified atom stereocenters. The number of nitrogens with zero attached hydrogens (tertiary/aromatic N) is 3. The molecule has 0 spiro atoms. The van der Waals surface area contributed by atoms with E-state index in [1.807, 2.05) is 4.57 Å². The minimum atomic E-state index is -4.13. The molecule has 90 valence electrons. The predicted octanol–water partition coefficient (Wildman–Crippen LogP) is 3.00. The van der Waals surface area contributed by atoms with E-state index < -0.39 is 12.6 Å². The van der Waals surface area contributed by atoms with Gasteiger partial charge in [0.05, 0.1) is 11.8 Å². The van der Waals surface area contributed by atoms with Crippen LogP contribution in [0.15, 0.2) is 0 Å². The Morgan fingerprint density at radius 3 is 2.38 bits per heavy atom. The Balaban J connectivity index is 2.11. The van der Waals surface area contributed by atoms with Crippen LogP contribution in [0.25, 0.3) is 0 Å². The summed E-state index contributed by atoms with van der Waals surface area (Å²) in [7, 11) is 0. The highest BCUT2D eigenvalue weighted by Crippen LogP contribution is 2.37. The number of aryl methyl sites for hydroxylation is 1. The fourth-order valence-corrected chi connectivity index (χ4v) is 2.01. The largest absolute Gasteiger partial charge is 0.389 e. The van der Waals surface area contributed by atoms with E-state index in [0.717, 1.165) is 18.7 Å². The third-order valence-corrected chi connectivity index (χ3v) is 3.00. The summed E-state index contributed by atoms with van der Waals surface area (Å²) in [6.07, 6.45) is -3.02. The van der Waals surface area contributed by atoms with Crippen LogP contribution in [0.1, 0.15) is 37.0 Å². The fraction of sp³-hybridized carbons (Fsp3) is 0.778. The molecule has 0 aromatic carbocycles. The Hall–Kier alpha value is -0.590. The minimum Gasteiger partial charge on any atom is -0.311 e. The molecule has 0 atom stereocenters. The van der Waals surface area contributed by atoms with E-state index >= 15 is 0 Å². The minimum absolute atomic E-state index is 0.0833. The summed E-state index contributed by atoms with van der Waals surface area (Å²) in [6.45, 7) is 0. The Morgan fingerprint density at radius 1 is 1.25 bits per heavy atom. The van der Waals surface area contributed by atoms with Crippen molar-refractivity contribution in [3.8, 4) is 0 Å². The molecule has 0 radical (unpaired) electrons. The summed E-state index contributed by atoms with van der Waals surface area (Å²) in [4.78, 5) is 0. The normalized spacial score (nSPS) is 16.8. The molecule has 1 heterocycles. The van der Waals surface area contributed by atoms with Gasteiger partial charge in [0.25, 0.3) is 0 Å². The highest BCUT2D eigenvalue weighted by atomic mass is 79.9. The summed E-state index contributed by atoms with van der Waals surface area (Å²) >= 11 is 3.26. The van der Waals surface area contributed by atoms with Gasteiger partial charge in [-0.05, 0) is 12.8 Å². The average molecular weight is 298 g/mol. The Labute approximate surface area is 99.2 Å². The molecule has 0 bridgehead atoms. The zero-order valence-corrected chi connectivity index (χ0v) is 10.1. The fourth-order valence-electron chi connectivity index (χ4n) is 1.63. The van der Waals surface area contributed by atoms with E-state index in [2.05, 4.69) is 26.1 Å². The molecule has 1 aromatic heterocycles. The van der Waals surface area contributed by atoms with Crippen LogP contribution in [-0.4, -0.2) is 20.9 Å². The molecule has 1 aliphatic rings. The SMILES string of the molecule is FC(F)(F)CCc1nnc(CBr)n1C1CC1. The van der Waals surface area contributed by atoms with Gasteiger partial charge in [-0.15, -0.1) is 10.2 Å². The van der Waals surface area contributed by atoms with Gasteiger partial charge < -0.3 is 4.57 Å². The maximum atomic E-state index is 12.1. The van der Waals surface area contributed by atoms with Crippen molar-refractivity contribution in [2.45, 2.75) is 43.2 Å². The quantitative estimate of drug-likeness (QED) is 0.800. The maximum Gasteiger partial charge on any atom is 0.389 e. The molecular weight excluding hydrogens is 287 g/mol. The molecule has 0 amide bonds. The van der Waals surface area contributed by atoms with Gasteiger partial charge in [-0.3, -0.25) is 0 Å². The van der Waals surface area contributed by atoms with E-state index in [-0.39, 0.29) is 6.42 Å². The van der Waals surface area contributed by atoms with E-state index in [1.54, 1.807) is 0 Å². The molecule has 16 heavy (non-hydrogen) atoms. The molecule has 1 aromatic rings. The van der Waals surface area contributed by atoms with Gasteiger partial charge in [0, 0.05) is 12.5 Å². The first-order chi connectivity index (χ1) is 7.51. The monoisotopic (exact) mass is 297 g/mol. The lowest BCUT2D eigenvalue weighted by molar-refractivity contribution is -0.134. The lowest BCUT2D eigenvalue weighted by Gasteiger charge is -2.08. The van der Waals surface area contributed by atoms with Crippen LogP contribution in [0.2, 0.25) is 0 Å². The number of halogens is 4. The lowest BCUT2D eigenvalue weighted by atomic mass is 10.3. The molecule has 0 aliphatic heterocycles. The number of hydrogen-bond donors (Lipinski definition) is 0. The maximum absolute atomic E-state index is 12.1. The third kappa shape index (κ3) is 2.75. The summed E-state index contributed by atoms with van der Waals surface area (Å²) < 4.78 is 38.2. The van der Waals surface area contributed by atoms with Crippen molar-refractivity contribution < 1.29 is 13.2 Å². The van der Waals surface area contributed by atoms with Crippen LogP contribution >= 0.6 is 15.9 Å². The number of alkyl halides is 4. The predicted molar refractivity (Wildman–Crippen MR) is 55.3 cm³/mol. The zero-order chi connectivity index (χ0) is 11.8. The van der Waals surface area contributed by atoms with Crippen molar-refractivity contribution in [2.75, 3.05) is 0 Å². The van der Waals surface area contributed by atoms with Crippen LogP contribution in [-0.2, 0) is 11.8 Å². The first-order valence-electron chi connectivity index (χ1n) is 5.06. The lowest BCUT2D eigenvalue weighted by Crippen LogP contribution is -2.12. The molecule has 7 heteroatoms. The Bertz CT molecular complexity index is 371. The first kappa shape index (κ1) is 11.9. The second-order valence-electron chi connectivity index (χ2n) is 3.88. The summed E-state index contributed by atoms with van der Waals surface area (Å²) in [6, 6.07) is 0.311. The Kier molecular flexibility index (Phi) is 3.23. The highest BCUT2D eigenvalue weighted by molar-refractivity contribution is 9.08. The third-order valence-electron chi connectivity index (χ3n) is 2.50. The summed E-state index contributed by atoms with van der Waals surface area (Å²) in [5.41, 5.74) is 0. The average Bonchev–Trinajstić information content (AvgIpc) is 2.94.